The fourth-order valence-electron chi connectivity index (χ4n) is 2.53. The monoisotopic (exact) mass is 244 g/mol. The fraction of sp³-hybridized carbons (Fsp3) is 0.833. The molecular weight excluding hydrogens is 224 g/mol. The maximum absolute atomic E-state index is 9.30. The molecule has 0 aromatic rings. The highest BCUT2D eigenvalue weighted by molar-refractivity contribution is 5.04. The van der Waals surface area contributed by atoms with E-state index < -0.39 is 23.8 Å². The standard InChI is InChI=1S/C12H20O5/c1-5-6-14-10-12(4)9(8(7-13)15-10)16-11(2,3)17-12/h5,8-10,13H,1,6-7H2,2-4H3/t8-,9+,10?,12+/m1/s1. The number of aliphatic hydroxyl groups excluding tert-OH is 1. The van der Waals surface area contributed by atoms with Gasteiger partial charge in [-0.3, -0.25) is 0 Å². The summed E-state index contributed by atoms with van der Waals surface area (Å²) in [4.78, 5) is 0. The highest BCUT2D eigenvalue weighted by atomic mass is 16.8. The Hall–Kier alpha value is -0.460. The Labute approximate surface area is 101 Å². The largest absolute Gasteiger partial charge is 0.394 e. The van der Waals surface area contributed by atoms with E-state index in [1.165, 1.54) is 0 Å². The van der Waals surface area contributed by atoms with Gasteiger partial charge in [0, 0.05) is 0 Å². The lowest BCUT2D eigenvalue weighted by Gasteiger charge is -2.28. The maximum atomic E-state index is 9.30. The van der Waals surface area contributed by atoms with E-state index in [0.29, 0.717) is 6.61 Å². The minimum atomic E-state index is -0.695. The fourth-order valence-corrected chi connectivity index (χ4v) is 2.53. The van der Waals surface area contributed by atoms with Gasteiger partial charge < -0.3 is 24.1 Å². The Bertz CT molecular complexity index is 303. The Morgan fingerprint density at radius 1 is 1.41 bits per heavy atom. The Kier molecular flexibility index (Phi) is 3.31. The van der Waals surface area contributed by atoms with E-state index in [1.807, 2.05) is 20.8 Å². The molecule has 1 unspecified atom stereocenters. The second-order valence-corrected chi connectivity index (χ2v) is 5.04. The summed E-state index contributed by atoms with van der Waals surface area (Å²) in [7, 11) is 0. The highest BCUT2D eigenvalue weighted by Crippen LogP contribution is 2.46. The quantitative estimate of drug-likeness (QED) is 0.742. The second-order valence-electron chi connectivity index (χ2n) is 5.04. The van der Waals surface area contributed by atoms with E-state index in [0.717, 1.165) is 0 Å². The topological polar surface area (TPSA) is 57.2 Å². The summed E-state index contributed by atoms with van der Waals surface area (Å²) in [6.45, 7) is 9.42. The van der Waals surface area contributed by atoms with Crippen molar-refractivity contribution in [3.8, 4) is 0 Å². The van der Waals surface area contributed by atoms with Crippen LogP contribution in [-0.4, -0.2) is 48.2 Å². The van der Waals surface area contributed by atoms with Gasteiger partial charge >= 0.3 is 0 Å². The first-order valence-corrected chi connectivity index (χ1v) is 5.80. The predicted molar refractivity (Wildman–Crippen MR) is 60.3 cm³/mol. The average molecular weight is 244 g/mol. The van der Waals surface area contributed by atoms with Gasteiger partial charge in [0.2, 0.25) is 0 Å². The number of ether oxygens (including phenoxy) is 4. The van der Waals surface area contributed by atoms with Crippen LogP contribution < -0.4 is 0 Å². The Balaban J connectivity index is 2.18. The van der Waals surface area contributed by atoms with Gasteiger partial charge in [-0.05, 0) is 20.8 Å². The molecule has 1 N–H and O–H groups in total. The normalized spacial score (nSPS) is 43.6. The van der Waals surface area contributed by atoms with Crippen molar-refractivity contribution in [2.45, 2.75) is 50.7 Å². The molecule has 0 spiro atoms. The minimum Gasteiger partial charge on any atom is -0.394 e. The van der Waals surface area contributed by atoms with Crippen LogP contribution in [0.15, 0.2) is 12.7 Å². The zero-order valence-corrected chi connectivity index (χ0v) is 10.5. The van der Waals surface area contributed by atoms with Crippen LogP contribution in [0.2, 0.25) is 0 Å². The van der Waals surface area contributed by atoms with Crippen molar-refractivity contribution in [2.75, 3.05) is 13.2 Å². The van der Waals surface area contributed by atoms with Gasteiger partial charge in [-0.2, -0.15) is 0 Å². The lowest BCUT2D eigenvalue weighted by molar-refractivity contribution is -0.255. The first-order chi connectivity index (χ1) is 7.93. The molecule has 0 amide bonds. The van der Waals surface area contributed by atoms with Crippen molar-refractivity contribution in [3.05, 3.63) is 12.7 Å². The minimum absolute atomic E-state index is 0.117. The van der Waals surface area contributed by atoms with Crippen LogP contribution in [0, 0.1) is 0 Å². The zero-order valence-electron chi connectivity index (χ0n) is 10.5. The van der Waals surface area contributed by atoms with E-state index in [9.17, 15) is 5.11 Å². The lowest BCUT2D eigenvalue weighted by Crippen LogP contribution is -2.45. The van der Waals surface area contributed by atoms with Gasteiger partial charge in [-0.1, -0.05) is 6.08 Å². The zero-order chi connectivity index (χ0) is 12.7. The summed E-state index contributed by atoms with van der Waals surface area (Å²) in [5, 5.41) is 9.30. The SMILES string of the molecule is C=CCOC1O[C@H](CO)[C@@H]2OC(C)(C)O[C@]12C. The summed E-state index contributed by atoms with van der Waals surface area (Å²) in [6, 6.07) is 0. The molecule has 2 aliphatic rings. The van der Waals surface area contributed by atoms with Crippen LogP contribution in [0.4, 0.5) is 0 Å². The van der Waals surface area contributed by atoms with E-state index in [1.54, 1.807) is 6.08 Å². The molecule has 0 aromatic heterocycles. The van der Waals surface area contributed by atoms with Crippen molar-refractivity contribution in [1.29, 1.82) is 0 Å². The molecule has 0 bridgehead atoms. The number of fused-ring (bicyclic) bond motifs is 1. The average Bonchev–Trinajstić information content (AvgIpc) is 2.62. The van der Waals surface area contributed by atoms with Crippen molar-refractivity contribution >= 4 is 0 Å². The molecule has 2 heterocycles. The molecule has 2 saturated heterocycles. The molecule has 98 valence electrons. The van der Waals surface area contributed by atoms with Gasteiger partial charge in [-0.25, -0.2) is 0 Å². The van der Waals surface area contributed by atoms with Crippen molar-refractivity contribution < 1.29 is 24.1 Å². The predicted octanol–water partition coefficient (Wildman–Crippen LogP) is 0.816. The van der Waals surface area contributed by atoms with Gasteiger partial charge in [-0.15, -0.1) is 6.58 Å². The third kappa shape index (κ3) is 2.13. The number of hydrogen-bond donors (Lipinski definition) is 1. The Morgan fingerprint density at radius 3 is 2.71 bits per heavy atom. The van der Waals surface area contributed by atoms with Crippen molar-refractivity contribution in [3.63, 3.8) is 0 Å². The summed E-state index contributed by atoms with van der Waals surface area (Å²) >= 11 is 0. The van der Waals surface area contributed by atoms with Crippen LogP contribution in [0.3, 0.4) is 0 Å². The molecular formula is C12H20O5. The van der Waals surface area contributed by atoms with Crippen LogP contribution in [0.5, 0.6) is 0 Å². The molecule has 4 atom stereocenters. The number of aliphatic hydroxyl groups is 1. The van der Waals surface area contributed by atoms with Crippen molar-refractivity contribution in [2.24, 2.45) is 0 Å². The van der Waals surface area contributed by atoms with Gasteiger partial charge in [0.15, 0.2) is 12.1 Å². The van der Waals surface area contributed by atoms with Gasteiger partial charge in [0.1, 0.15) is 17.8 Å². The Morgan fingerprint density at radius 2 is 2.12 bits per heavy atom. The molecule has 17 heavy (non-hydrogen) atoms. The molecule has 5 nitrogen and oxygen atoms in total. The summed E-state index contributed by atoms with van der Waals surface area (Å²) < 4.78 is 22.8. The molecule has 0 saturated carbocycles. The van der Waals surface area contributed by atoms with Crippen LogP contribution in [0.25, 0.3) is 0 Å². The van der Waals surface area contributed by atoms with E-state index in [2.05, 4.69) is 6.58 Å². The third-order valence-corrected chi connectivity index (χ3v) is 3.09. The maximum Gasteiger partial charge on any atom is 0.190 e. The summed E-state index contributed by atoms with van der Waals surface area (Å²) in [6.07, 6.45) is 0.355. The molecule has 5 heteroatoms. The van der Waals surface area contributed by atoms with Crippen LogP contribution in [0.1, 0.15) is 20.8 Å². The molecule has 2 fully saturated rings. The first-order valence-electron chi connectivity index (χ1n) is 5.80. The van der Waals surface area contributed by atoms with E-state index in [-0.39, 0.29) is 12.7 Å². The van der Waals surface area contributed by atoms with Gasteiger partial charge in [0.25, 0.3) is 0 Å². The molecule has 2 aliphatic heterocycles. The lowest BCUT2D eigenvalue weighted by atomic mass is 9.98. The van der Waals surface area contributed by atoms with Crippen molar-refractivity contribution in [1.82, 2.24) is 0 Å². The van der Waals surface area contributed by atoms with Gasteiger partial charge in [0.05, 0.1) is 13.2 Å². The summed E-state index contributed by atoms with van der Waals surface area (Å²) in [5.74, 6) is -0.688. The molecule has 0 aromatic carbocycles. The smallest absolute Gasteiger partial charge is 0.190 e. The first kappa shape index (κ1) is 13.0. The summed E-state index contributed by atoms with van der Waals surface area (Å²) in [5.41, 5.74) is -0.695. The highest BCUT2D eigenvalue weighted by Gasteiger charge is 2.63. The van der Waals surface area contributed by atoms with E-state index >= 15 is 0 Å². The number of hydrogen-bond acceptors (Lipinski definition) is 5. The third-order valence-electron chi connectivity index (χ3n) is 3.09. The number of rotatable bonds is 4. The second kappa shape index (κ2) is 4.33. The molecule has 0 radical (unpaired) electrons. The van der Waals surface area contributed by atoms with Crippen LogP contribution >= 0.6 is 0 Å². The molecule has 2 rings (SSSR count). The van der Waals surface area contributed by atoms with E-state index in [4.69, 9.17) is 18.9 Å². The molecule has 0 aliphatic carbocycles. The van der Waals surface area contributed by atoms with Crippen LogP contribution in [-0.2, 0) is 18.9 Å².